The molecule has 136 valence electrons. The molecule has 0 atom stereocenters. The van der Waals surface area contributed by atoms with Crippen LogP contribution in [0.4, 0.5) is 5.69 Å². The fraction of sp³-hybridized carbons (Fsp3) is 0.600. The van der Waals surface area contributed by atoms with E-state index in [2.05, 4.69) is 20.8 Å². The highest BCUT2D eigenvalue weighted by Gasteiger charge is 2.43. The molecular weight excluding hydrogens is 316 g/mol. The largest absolute Gasteiger partial charge is 0.363 e. The van der Waals surface area contributed by atoms with Crippen molar-refractivity contribution in [2.24, 2.45) is 5.41 Å². The Labute approximate surface area is 149 Å². The van der Waals surface area contributed by atoms with Crippen LogP contribution in [0, 0.1) is 5.41 Å². The Bertz CT molecular complexity index is 628. The summed E-state index contributed by atoms with van der Waals surface area (Å²) in [5.74, 6) is 0.220. The highest BCUT2D eigenvalue weighted by atomic mass is 16.5. The zero-order chi connectivity index (χ0) is 18.1. The summed E-state index contributed by atoms with van der Waals surface area (Å²) in [6, 6.07) is 9.75. The van der Waals surface area contributed by atoms with Gasteiger partial charge in [-0.15, -0.1) is 0 Å². The summed E-state index contributed by atoms with van der Waals surface area (Å²) in [5, 5.41) is 0. The predicted octanol–water partition coefficient (Wildman–Crippen LogP) is 2.85. The molecule has 25 heavy (non-hydrogen) atoms. The maximum Gasteiger partial charge on any atom is 0.253 e. The van der Waals surface area contributed by atoms with Gasteiger partial charge in [-0.2, -0.15) is 0 Å². The first-order valence-corrected chi connectivity index (χ1v) is 9.05. The van der Waals surface area contributed by atoms with Crippen molar-refractivity contribution in [3.8, 4) is 0 Å². The van der Waals surface area contributed by atoms with Gasteiger partial charge < -0.3 is 14.5 Å². The Kier molecular flexibility index (Phi) is 4.87. The number of amides is 2. The Balaban J connectivity index is 1.64. The number of benzene rings is 1. The molecule has 2 heterocycles. The van der Waals surface area contributed by atoms with Crippen molar-refractivity contribution in [3.05, 3.63) is 30.3 Å². The standard InChI is InChI=1S/C20H28N2O3/c1-19(2,3)13-17(23)21-11-9-20(10-12-21)15-22(18(24)14-25-20)16-7-5-4-6-8-16/h4-8H,9-15H2,1-3H3. The SMILES string of the molecule is CC(C)(C)CC(=O)N1CCC2(CC1)CN(c1ccccc1)C(=O)CO2. The Hall–Kier alpha value is -1.88. The number of carbonyl (C=O) groups is 2. The summed E-state index contributed by atoms with van der Waals surface area (Å²) in [5.41, 5.74) is 0.591. The monoisotopic (exact) mass is 344 g/mol. The van der Waals surface area contributed by atoms with Gasteiger partial charge in [0.25, 0.3) is 5.91 Å². The third-order valence-corrected chi connectivity index (χ3v) is 5.03. The van der Waals surface area contributed by atoms with E-state index in [0.717, 1.165) is 18.5 Å². The second kappa shape index (κ2) is 6.79. The summed E-state index contributed by atoms with van der Waals surface area (Å²) in [4.78, 5) is 28.5. The first-order chi connectivity index (χ1) is 11.8. The summed E-state index contributed by atoms with van der Waals surface area (Å²) in [7, 11) is 0. The van der Waals surface area contributed by atoms with E-state index in [1.807, 2.05) is 40.1 Å². The summed E-state index contributed by atoms with van der Waals surface area (Å²) in [6.07, 6.45) is 2.12. The number of ether oxygens (including phenoxy) is 1. The minimum Gasteiger partial charge on any atom is -0.363 e. The molecule has 0 aliphatic carbocycles. The van der Waals surface area contributed by atoms with Crippen LogP contribution in [0.3, 0.4) is 0 Å². The Morgan fingerprint density at radius 2 is 1.80 bits per heavy atom. The molecule has 3 rings (SSSR count). The van der Waals surface area contributed by atoms with Crippen molar-refractivity contribution in [2.75, 3.05) is 31.1 Å². The number of anilines is 1. The average Bonchev–Trinajstić information content (AvgIpc) is 2.57. The van der Waals surface area contributed by atoms with Gasteiger partial charge in [0.05, 0.1) is 12.1 Å². The van der Waals surface area contributed by atoms with Gasteiger partial charge in [0.2, 0.25) is 5.91 Å². The number of carbonyl (C=O) groups excluding carboxylic acids is 2. The van der Waals surface area contributed by atoms with E-state index in [1.165, 1.54) is 0 Å². The number of para-hydroxylation sites is 1. The molecule has 2 saturated heterocycles. The minimum atomic E-state index is -0.331. The fourth-order valence-corrected chi connectivity index (χ4v) is 3.59. The first-order valence-electron chi connectivity index (χ1n) is 9.05. The smallest absolute Gasteiger partial charge is 0.253 e. The lowest BCUT2D eigenvalue weighted by Crippen LogP contribution is -2.59. The van der Waals surface area contributed by atoms with Crippen LogP contribution in [0.1, 0.15) is 40.0 Å². The molecule has 1 aromatic carbocycles. The zero-order valence-electron chi connectivity index (χ0n) is 15.5. The second-order valence-corrected chi connectivity index (χ2v) is 8.41. The maximum atomic E-state index is 12.4. The number of rotatable bonds is 2. The number of hydrogen-bond donors (Lipinski definition) is 0. The minimum absolute atomic E-state index is 0.00284. The van der Waals surface area contributed by atoms with Crippen molar-refractivity contribution in [3.63, 3.8) is 0 Å². The molecule has 0 N–H and O–H groups in total. The molecule has 0 saturated carbocycles. The molecule has 2 amide bonds. The Morgan fingerprint density at radius 3 is 2.40 bits per heavy atom. The van der Waals surface area contributed by atoms with E-state index in [4.69, 9.17) is 4.74 Å². The molecule has 0 unspecified atom stereocenters. The van der Waals surface area contributed by atoms with Crippen LogP contribution in [0.15, 0.2) is 30.3 Å². The van der Waals surface area contributed by atoms with Crippen LogP contribution in [0.5, 0.6) is 0 Å². The lowest BCUT2D eigenvalue weighted by Gasteiger charge is -2.47. The molecule has 0 radical (unpaired) electrons. The van der Waals surface area contributed by atoms with Gasteiger partial charge in [0.15, 0.2) is 0 Å². The molecule has 0 bridgehead atoms. The molecule has 5 nitrogen and oxygen atoms in total. The van der Waals surface area contributed by atoms with Crippen LogP contribution in [0.2, 0.25) is 0 Å². The van der Waals surface area contributed by atoms with E-state index in [1.54, 1.807) is 0 Å². The van der Waals surface area contributed by atoms with Gasteiger partial charge in [-0.05, 0) is 30.4 Å². The van der Waals surface area contributed by atoms with Crippen LogP contribution < -0.4 is 4.90 Å². The van der Waals surface area contributed by atoms with E-state index in [9.17, 15) is 9.59 Å². The van der Waals surface area contributed by atoms with E-state index in [0.29, 0.717) is 26.1 Å². The molecule has 5 heteroatoms. The van der Waals surface area contributed by atoms with Gasteiger partial charge in [0, 0.05) is 25.2 Å². The molecule has 1 aromatic rings. The number of likely N-dealkylation sites (tertiary alicyclic amines) is 1. The predicted molar refractivity (Wildman–Crippen MR) is 97.4 cm³/mol. The van der Waals surface area contributed by atoms with Crippen LogP contribution in [0.25, 0.3) is 0 Å². The van der Waals surface area contributed by atoms with Gasteiger partial charge in [-0.25, -0.2) is 0 Å². The van der Waals surface area contributed by atoms with Crippen molar-refractivity contribution in [1.29, 1.82) is 0 Å². The fourth-order valence-electron chi connectivity index (χ4n) is 3.59. The van der Waals surface area contributed by atoms with E-state index in [-0.39, 0.29) is 29.4 Å². The lowest BCUT2D eigenvalue weighted by molar-refractivity contribution is -0.151. The quantitative estimate of drug-likeness (QED) is 0.829. The number of hydrogen-bond acceptors (Lipinski definition) is 3. The topological polar surface area (TPSA) is 49.9 Å². The number of piperidine rings is 1. The highest BCUT2D eigenvalue weighted by molar-refractivity contribution is 5.95. The average molecular weight is 344 g/mol. The second-order valence-electron chi connectivity index (χ2n) is 8.41. The van der Waals surface area contributed by atoms with Crippen LogP contribution >= 0.6 is 0 Å². The van der Waals surface area contributed by atoms with Gasteiger partial charge in [-0.3, -0.25) is 9.59 Å². The van der Waals surface area contributed by atoms with E-state index >= 15 is 0 Å². The summed E-state index contributed by atoms with van der Waals surface area (Å²) in [6.45, 7) is 8.34. The number of nitrogens with zero attached hydrogens (tertiary/aromatic N) is 2. The van der Waals surface area contributed by atoms with Gasteiger partial charge in [0.1, 0.15) is 6.61 Å². The molecular formula is C20H28N2O3. The van der Waals surface area contributed by atoms with Gasteiger partial charge >= 0.3 is 0 Å². The highest BCUT2D eigenvalue weighted by Crippen LogP contribution is 2.33. The molecule has 2 aliphatic heterocycles. The van der Waals surface area contributed by atoms with Gasteiger partial charge in [-0.1, -0.05) is 39.0 Å². The molecule has 1 spiro atoms. The molecule has 2 aliphatic rings. The lowest BCUT2D eigenvalue weighted by atomic mass is 9.87. The maximum absolute atomic E-state index is 12.4. The van der Waals surface area contributed by atoms with Crippen molar-refractivity contribution in [1.82, 2.24) is 4.90 Å². The van der Waals surface area contributed by atoms with Crippen LogP contribution in [-0.4, -0.2) is 48.6 Å². The third kappa shape index (κ3) is 4.21. The molecule has 2 fully saturated rings. The summed E-state index contributed by atoms with van der Waals surface area (Å²) >= 11 is 0. The van der Waals surface area contributed by atoms with E-state index < -0.39 is 0 Å². The molecule has 0 aromatic heterocycles. The third-order valence-electron chi connectivity index (χ3n) is 5.03. The first kappa shape index (κ1) is 17.9. The van der Waals surface area contributed by atoms with Crippen LogP contribution in [-0.2, 0) is 14.3 Å². The normalized spacial score (nSPS) is 20.8. The van der Waals surface area contributed by atoms with Crippen molar-refractivity contribution < 1.29 is 14.3 Å². The zero-order valence-corrected chi connectivity index (χ0v) is 15.5. The Morgan fingerprint density at radius 1 is 1.16 bits per heavy atom. The van der Waals surface area contributed by atoms with Crippen molar-refractivity contribution in [2.45, 2.75) is 45.6 Å². The number of morpholine rings is 1. The summed E-state index contributed by atoms with van der Waals surface area (Å²) < 4.78 is 5.97. The van der Waals surface area contributed by atoms with Crippen molar-refractivity contribution >= 4 is 17.5 Å².